The van der Waals surface area contributed by atoms with Crippen LogP contribution in [0.3, 0.4) is 0 Å². The first kappa shape index (κ1) is 8.74. The quantitative estimate of drug-likeness (QED) is 0.429. The number of carbonyl (C=O) groups excluding carboxylic acids is 1. The number of hydrogen-bond acceptors (Lipinski definition) is 2. The van der Waals surface area contributed by atoms with Crippen molar-refractivity contribution in [2.24, 2.45) is 5.10 Å². The minimum Gasteiger partial charge on any atom is -0.277 e. The first-order chi connectivity index (χ1) is 5.84. The highest BCUT2D eigenvalue weighted by atomic mass is 35.5. The molecule has 0 aromatic heterocycles. The van der Waals surface area contributed by atoms with Crippen LogP contribution in [0.5, 0.6) is 0 Å². The second-order valence-electron chi connectivity index (χ2n) is 2.03. The monoisotopic (exact) mass is 182 g/mol. The van der Waals surface area contributed by atoms with Gasteiger partial charge in [-0.1, -0.05) is 29.8 Å². The maximum Gasteiger partial charge on any atom is 0.227 e. The standard InChI is InChI=1S/C8H7ClN2O/c9-8-4-2-1-3-7(8)5-10-11-6-12/h1-6H,(H,11,12). The second kappa shape index (κ2) is 4.51. The fourth-order valence-electron chi connectivity index (χ4n) is 0.717. The maximum absolute atomic E-state index is 9.82. The van der Waals surface area contributed by atoms with E-state index in [9.17, 15) is 4.79 Å². The highest BCUT2D eigenvalue weighted by molar-refractivity contribution is 6.33. The van der Waals surface area contributed by atoms with E-state index in [1.807, 2.05) is 12.1 Å². The van der Waals surface area contributed by atoms with Gasteiger partial charge < -0.3 is 0 Å². The minimum absolute atomic E-state index is 0.493. The molecule has 0 heterocycles. The summed E-state index contributed by atoms with van der Waals surface area (Å²) < 4.78 is 0. The van der Waals surface area contributed by atoms with Crippen molar-refractivity contribution in [3.63, 3.8) is 0 Å². The molecule has 0 aliphatic carbocycles. The molecule has 0 bridgehead atoms. The number of rotatable bonds is 3. The molecule has 0 aliphatic rings. The van der Waals surface area contributed by atoms with Gasteiger partial charge in [0.05, 0.1) is 6.21 Å². The minimum atomic E-state index is 0.493. The van der Waals surface area contributed by atoms with E-state index in [1.165, 1.54) is 6.21 Å². The van der Waals surface area contributed by atoms with Crippen molar-refractivity contribution in [3.05, 3.63) is 34.9 Å². The Labute approximate surface area is 75.0 Å². The number of hydrazone groups is 1. The van der Waals surface area contributed by atoms with Crippen LogP contribution in [0.25, 0.3) is 0 Å². The van der Waals surface area contributed by atoms with Crippen molar-refractivity contribution >= 4 is 24.2 Å². The van der Waals surface area contributed by atoms with Crippen molar-refractivity contribution < 1.29 is 4.79 Å². The van der Waals surface area contributed by atoms with E-state index in [0.717, 1.165) is 5.56 Å². The topological polar surface area (TPSA) is 41.5 Å². The number of amides is 1. The lowest BCUT2D eigenvalue weighted by Crippen LogP contribution is -2.00. The molecular formula is C8H7ClN2O. The highest BCUT2D eigenvalue weighted by Crippen LogP contribution is 2.11. The molecule has 1 aromatic rings. The summed E-state index contributed by atoms with van der Waals surface area (Å²) in [5.41, 5.74) is 2.93. The lowest BCUT2D eigenvalue weighted by Gasteiger charge is -1.94. The normalized spacial score (nSPS) is 10.1. The number of nitrogens with zero attached hydrogens (tertiary/aromatic N) is 1. The summed E-state index contributed by atoms with van der Waals surface area (Å²) in [6, 6.07) is 7.23. The molecule has 1 N–H and O–H groups in total. The Morgan fingerprint density at radius 3 is 2.83 bits per heavy atom. The van der Waals surface area contributed by atoms with Crippen molar-refractivity contribution in [2.75, 3.05) is 0 Å². The molecule has 1 amide bonds. The summed E-state index contributed by atoms with van der Waals surface area (Å²) in [6.07, 6.45) is 1.98. The van der Waals surface area contributed by atoms with E-state index in [1.54, 1.807) is 12.1 Å². The van der Waals surface area contributed by atoms with Crippen LogP contribution >= 0.6 is 11.6 Å². The highest BCUT2D eigenvalue weighted by Gasteiger charge is 1.92. The van der Waals surface area contributed by atoms with Crippen LogP contribution in [-0.2, 0) is 4.79 Å². The van der Waals surface area contributed by atoms with Crippen molar-refractivity contribution in [1.82, 2.24) is 5.43 Å². The fourth-order valence-corrected chi connectivity index (χ4v) is 0.902. The Morgan fingerprint density at radius 1 is 1.42 bits per heavy atom. The zero-order valence-electron chi connectivity index (χ0n) is 6.20. The van der Waals surface area contributed by atoms with Gasteiger partial charge in [-0.25, -0.2) is 5.43 Å². The van der Waals surface area contributed by atoms with Crippen molar-refractivity contribution in [3.8, 4) is 0 Å². The predicted octanol–water partition coefficient (Wildman–Crippen LogP) is 1.42. The summed E-state index contributed by atoms with van der Waals surface area (Å²) in [7, 11) is 0. The Bertz CT molecular complexity index is 299. The lowest BCUT2D eigenvalue weighted by molar-refractivity contribution is -0.109. The molecule has 1 rings (SSSR count). The van der Waals surface area contributed by atoms with Crippen molar-refractivity contribution in [2.45, 2.75) is 0 Å². The average Bonchev–Trinajstić information content (AvgIpc) is 2.09. The van der Waals surface area contributed by atoms with Crippen LogP contribution in [0.15, 0.2) is 29.4 Å². The van der Waals surface area contributed by atoms with E-state index in [0.29, 0.717) is 11.4 Å². The number of carbonyl (C=O) groups is 1. The van der Waals surface area contributed by atoms with Gasteiger partial charge in [0.2, 0.25) is 6.41 Å². The van der Waals surface area contributed by atoms with E-state index in [2.05, 4.69) is 10.5 Å². The molecule has 0 spiro atoms. The molecule has 0 atom stereocenters. The summed E-state index contributed by atoms with van der Waals surface area (Å²) in [6.45, 7) is 0. The molecule has 0 unspecified atom stereocenters. The van der Waals surface area contributed by atoms with Crippen LogP contribution in [0.4, 0.5) is 0 Å². The van der Waals surface area contributed by atoms with Gasteiger partial charge in [-0.2, -0.15) is 5.10 Å². The molecule has 4 heteroatoms. The second-order valence-corrected chi connectivity index (χ2v) is 2.43. The van der Waals surface area contributed by atoms with Gasteiger partial charge in [-0.3, -0.25) is 4.79 Å². The van der Waals surface area contributed by atoms with E-state index >= 15 is 0 Å². The third kappa shape index (κ3) is 2.36. The Hall–Kier alpha value is -1.35. The van der Waals surface area contributed by atoms with Crippen molar-refractivity contribution in [1.29, 1.82) is 0 Å². The zero-order chi connectivity index (χ0) is 8.81. The largest absolute Gasteiger partial charge is 0.277 e. The molecule has 0 aliphatic heterocycles. The molecule has 0 saturated heterocycles. The molecular weight excluding hydrogens is 176 g/mol. The van der Waals surface area contributed by atoms with Crippen LogP contribution in [0.1, 0.15) is 5.56 Å². The van der Waals surface area contributed by atoms with E-state index < -0.39 is 0 Å². The number of nitrogens with one attached hydrogen (secondary N) is 1. The zero-order valence-corrected chi connectivity index (χ0v) is 6.95. The molecule has 0 fully saturated rings. The smallest absolute Gasteiger partial charge is 0.227 e. The van der Waals surface area contributed by atoms with Crippen LogP contribution in [-0.4, -0.2) is 12.6 Å². The van der Waals surface area contributed by atoms with Gasteiger partial charge in [0.15, 0.2) is 0 Å². The van der Waals surface area contributed by atoms with E-state index in [4.69, 9.17) is 11.6 Å². The number of hydrogen-bond donors (Lipinski definition) is 1. The Morgan fingerprint density at radius 2 is 2.17 bits per heavy atom. The summed E-state index contributed by atoms with van der Waals surface area (Å²) in [5.74, 6) is 0. The van der Waals surface area contributed by atoms with Gasteiger partial charge in [0, 0.05) is 10.6 Å². The van der Waals surface area contributed by atoms with Gasteiger partial charge >= 0.3 is 0 Å². The van der Waals surface area contributed by atoms with Gasteiger partial charge in [-0.15, -0.1) is 0 Å². The molecule has 0 radical (unpaired) electrons. The SMILES string of the molecule is O=CNN=Cc1ccccc1Cl. The molecule has 3 nitrogen and oxygen atoms in total. The summed E-state index contributed by atoms with van der Waals surface area (Å²) in [4.78, 5) is 9.82. The first-order valence-corrected chi connectivity index (χ1v) is 3.69. The van der Waals surface area contributed by atoms with Crippen LogP contribution in [0, 0.1) is 0 Å². The first-order valence-electron chi connectivity index (χ1n) is 3.31. The molecule has 62 valence electrons. The van der Waals surface area contributed by atoms with Gasteiger partial charge in [0.25, 0.3) is 0 Å². The maximum atomic E-state index is 9.82. The molecule has 1 aromatic carbocycles. The average molecular weight is 183 g/mol. The third-order valence-corrected chi connectivity index (χ3v) is 1.58. The fraction of sp³-hybridized carbons (Fsp3) is 0. The summed E-state index contributed by atoms with van der Waals surface area (Å²) >= 11 is 5.80. The number of halogens is 1. The Balaban J connectivity index is 2.74. The summed E-state index contributed by atoms with van der Waals surface area (Å²) in [5, 5.41) is 4.20. The van der Waals surface area contributed by atoms with Gasteiger partial charge in [0.1, 0.15) is 0 Å². The van der Waals surface area contributed by atoms with E-state index in [-0.39, 0.29) is 0 Å². The number of benzene rings is 1. The predicted molar refractivity (Wildman–Crippen MR) is 48.2 cm³/mol. The lowest BCUT2D eigenvalue weighted by atomic mass is 10.2. The Kier molecular flexibility index (Phi) is 3.29. The molecule has 12 heavy (non-hydrogen) atoms. The third-order valence-electron chi connectivity index (χ3n) is 1.24. The van der Waals surface area contributed by atoms with Crippen LogP contribution < -0.4 is 5.43 Å². The van der Waals surface area contributed by atoms with Gasteiger partial charge in [-0.05, 0) is 6.07 Å². The van der Waals surface area contributed by atoms with Crippen LogP contribution in [0.2, 0.25) is 5.02 Å². The molecule has 0 saturated carbocycles.